The molecule has 3 heterocycles. The number of hydrogen-bond donors (Lipinski definition) is 1. The van der Waals surface area contributed by atoms with Crippen LogP contribution in [0.15, 0.2) is 60.1 Å². The summed E-state index contributed by atoms with van der Waals surface area (Å²) in [6.45, 7) is 2.31. The number of amides is 1. The molecule has 130 valence electrons. The summed E-state index contributed by atoms with van der Waals surface area (Å²) in [5, 5.41) is 4.86. The second-order valence-corrected chi connectivity index (χ2v) is 6.99. The maximum absolute atomic E-state index is 13.5. The van der Waals surface area contributed by atoms with Gasteiger partial charge >= 0.3 is 0 Å². The van der Waals surface area contributed by atoms with Gasteiger partial charge < -0.3 is 9.88 Å². The fraction of sp³-hybridized carbons (Fsp3) is 0.100. The van der Waals surface area contributed by atoms with Gasteiger partial charge in [0, 0.05) is 12.7 Å². The van der Waals surface area contributed by atoms with Crippen LogP contribution in [-0.4, -0.2) is 15.5 Å². The Labute approximate surface area is 153 Å². The van der Waals surface area contributed by atoms with Gasteiger partial charge in [0.15, 0.2) is 0 Å². The SMILES string of the molecule is Cc1cccnc1NC(=O)c1cc2sccc2n1Cc1cccc(F)c1. The fourth-order valence-electron chi connectivity index (χ4n) is 2.94. The average Bonchev–Trinajstić information content (AvgIpc) is 3.20. The Morgan fingerprint density at radius 3 is 2.92 bits per heavy atom. The highest BCUT2D eigenvalue weighted by Gasteiger charge is 2.18. The molecule has 0 aliphatic carbocycles. The van der Waals surface area contributed by atoms with Crippen molar-refractivity contribution in [3.63, 3.8) is 0 Å². The van der Waals surface area contributed by atoms with E-state index in [1.54, 1.807) is 23.6 Å². The number of halogens is 1. The summed E-state index contributed by atoms with van der Waals surface area (Å²) in [4.78, 5) is 17.1. The minimum Gasteiger partial charge on any atom is -0.331 e. The molecule has 0 aliphatic heterocycles. The fourth-order valence-corrected chi connectivity index (χ4v) is 3.76. The zero-order chi connectivity index (χ0) is 18.1. The molecule has 3 aromatic heterocycles. The number of anilines is 1. The van der Waals surface area contributed by atoms with Crippen LogP contribution in [-0.2, 0) is 6.54 Å². The highest BCUT2D eigenvalue weighted by Crippen LogP contribution is 2.27. The summed E-state index contributed by atoms with van der Waals surface area (Å²) in [5.41, 5.74) is 3.19. The van der Waals surface area contributed by atoms with Gasteiger partial charge in [-0.1, -0.05) is 18.2 Å². The van der Waals surface area contributed by atoms with E-state index < -0.39 is 0 Å². The number of thiophene rings is 1. The van der Waals surface area contributed by atoms with Crippen molar-refractivity contribution in [3.8, 4) is 0 Å². The standard InChI is InChI=1S/C20H16FN3OS/c1-13-4-3-8-22-19(13)23-20(25)17-11-18-16(7-9-26-18)24(17)12-14-5-2-6-15(21)10-14/h2-11H,12H2,1H3,(H,22,23,25). The van der Waals surface area contributed by atoms with Gasteiger partial charge in [0.1, 0.15) is 17.3 Å². The topological polar surface area (TPSA) is 46.9 Å². The first kappa shape index (κ1) is 16.5. The number of aromatic nitrogens is 2. The molecule has 0 radical (unpaired) electrons. The summed E-state index contributed by atoms with van der Waals surface area (Å²) in [7, 11) is 0. The third kappa shape index (κ3) is 3.11. The first-order valence-corrected chi connectivity index (χ1v) is 9.04. The summed E-state index contributed by atoms with van der Waals surface area (Å²) in [6, 6.07) is 14.0. The predicted molar refractivity (Wildman–Crippen MR) is 102 cm³/mol. The van der Waals surface area contributed by atoms with Gasteiger partial charge in [-0.2, -0.15) is 0 Å². The molecule has 26 heavy (non-hydrogen) atoms. The molecule has 0 atom stereocenters. The molecule has 0 spiro atoms. The lowest BCUT2D eigenvalue weighted by Gasteiger charge is -2.12. The van der Waals surface area contributed by atoms with E-state index in [1.807, 2.05) is 47.2 Å². The van der Waals surface area contributed by atoms with Crippen LogP contribution >= 0.6 is 11.3 Å². The maximum atomic E-state index is 13.5. The number of carbonyl (C=O) groups excluding carboxylic acids is 1. The molecule has 1 aromatic carbocycles. The molecule has 0 saturated heterocycles. The highest BCUT2D eigenvalue weighted by molar-refractivity contribution is 7.17. The number of rotatable bonds is 4. The van der Waals surface area contributed by atoms with Crippen LogP contribution in [0.4, 0.5) is 10.2 Å². The van der Waals surface area contributed by atoms with Crippen LogP contribution in [0.5, 0.6) is 0 Å². The lowest BCUT2D eigenvalue weighted by molar-refractivity contribution is 0.101. The highest BCUT2D eigenvalue weighted by atomic mass is 32.1. The molecule has 0 bridgehead atoms. The van der Waals surface area contributed by atoms with Gasteiger partial charge in [-0.25, -0.2) is 9.37 Å². The number of nitrogens with one attached hydrogen (secondary N) is 1. The van der Waals surface area contributed by atoms with Crippen molar-refractivity contribution >= 4 is 33.3 Å². The number of benzene rings is 1. The van der Waals surface area contributed by atoms with Crippen LogP contribution in [0.3, 0.4) is 0 Å². The number of nitrogens with zero attached hydrogens (tertiary/aromatic N) is 2. The van der Waals surface area contributed by atoms with Gasteiger partial charge in [0.25, 0.3) is 5.91 Å². The van der Waals surface area contributed by atoms with E-state index in [9.17, 15) is 9.18 Å². The molecule has 4 aromatic rings. The Bertz CT molecular complexity index is 1100. The lowest BCUT2D eigenvalue weighted by Crippen LogP contribution is -2.18. The van der Waals surface area contributed by atoms with Gasteiger partial charge in [0.05, 0.1) is 10.2 Å². The van der Waals surface area contributed by atoms with Crippen LogP contribution in [0, 0.1) is 12.7 Å². The Kier molecular flexibility index (Phi) is 4.26. The van der Waals surface area contributed by atoms with Gasteiger partial charge in [-0.3, -0.25) is 4.79 Å². The van der Waals surface area contributed by atoms with E-state index in [0.717, 1.165) is 21.3 Å². The summed E-state index contributed by atoms with van der Waals surface area (Å²) < 4.78 is 16.5. The smallest absolute Gasteiger partial charge is 0.273 e. The number of carbonyl (C=O) groups is 1. The van der Waals surface area contributed by atoms with Crippen LogP contribution < -0.4 is 5.32 Å². The molecule has 0 aliphatic rings. The first-order chi connectivity index (χ1) is 12.6. The Balaban J connectivity index is 1.72. The molecule has 6 heteroatoms. The van der Waals surface area contributed by atoms with E-state index in [-0.39, 0.29) is 11.7 Å². The molecular formula is C20H16FN3OS. The summed E-state index contributed by atoms with van der Waals surface area (Å²) >= 11 is 1.57. The van der Waals surface area contributed by atoms with Gasteiger partial charge in [0.2, 0.25) is 0 Å². The van der Waals surface area contributed by atoms with Crippen molar-refractivity contribution in [3.05, 3.63) is 82.7 Å². The summed E-state index contributed by atoms with van der Waals surface area (Å²) in [6.07, 6.45) is 1.65. The normalized spacial score (nSPS) is 11.0. The Morgan fingerprint density at radius 2 is 2.12 bits per heavy atom. The second kappa shape index (κ2) is 6.72. The van der Waals surface area contributed by atoms with Gasteiger partial charge in [-0.05, 0) is 53.8 Å². The number of fused-ring (bicyclic) bond motifs is 1. The average molecular weight is 365 g/mol. The van der Waals surface area contributed by atoms with Crippen molar-refractivity contribution in [2.45, 2.75) is 13.5 Å². The monoisotopic (exact) mass is 365 g/mol. The third-order valence-corrected chi connectivity index (χ3v) is 5.08. The Morgan fingerprint density at radius 1 is 1.23 bits per heavy atom. The number of pyridine rings is 1. The third-order valence-electron chi connectivity index (χ3n) is 4.23. The quantitative estimate of drug-likeness (QED) is 0.562. The zero-order valence-electron chi connectivity index (χ0n) is 14.1. The zero-order valence-corrected chi connectivity index (χ0v) is 14.9. The molecule has 0 fully saturated rings. The number of hydrogen-bond acceptors (Lipinski definition) is 3. The molecular weight excluding hydrogens is 349 g/mol. The van der Waals surface area contributed by atoms with Crippen molar-refractivity contribution in [2.24, 2.45) is 0 Å². The largest absolute Gasteiger partial charge is 0.331 e. The van der Waals surface area contributed by atoms with Crippen molar-refractivity contribution < 1.29 is 9.18 Å². The van der Waals surface area contributed by atoms with E-state index in [0.29, 0.717) is 18.1 Å². The molecule has 4 nitrogen and oxygen atoms in total. The molecule has 0 saturated carbocycles. The summed E-state index contributed by atoms with van der Waals surface area (Å²) in [5.74, 6) is 0.0253. The number of aryl methyl sites for hydroxylation is 1. The molecule has 0 unspecified atom stereocenters. The Hall–Kier alpha value is -2.99. The molecule has 1 amide bonds. The van der Waals surface area contributed by atoms with Crippen LogP contribution in [0.2, 0.25) is 0 Å². The maximum Gasteiger partial charge on any atom is 0.273 e. The van der Waals surface area contributed by atoms with Crippen molar-refractivity contribution in [1.82, 2.24) is 9.55 Å². The second-order valence-electron chi connectivity index (χ2n) is 6.04. The minimum absolute atomic E-state index is 0.230. The molecule has 1 N–H and O–H groups in total. The van der Waals surface area contributed by atoms with Crippen molar-refractivity contribution in [1.29, 1.82) is 0 Å². The van der Waals surface area contributed by atoms with Crippen LogP contribution in [0.1, 0.15) is 21.6 Å². The van der Waals surface area contributed by atoms with Gasteiger partial charge in [-0.15, -0.1) is 11.3 Å². The lowest BCUT2D eigenvalue weighted by atomic mass is 10.2. The molecule has 4 rings (SSSR count). The predicted octanol–water partition coefficient (Wildman–Crippen LogP) is 4.85. The van der Waals surface area contributed by atoms with E-state index in [1.165, 1.54) is 12.1 Å². The van der Waals surface area contributed by atoms with E-state index >= 15 is 0 Å². The van der Waals surface area contributed by atoms with Crippen molar-refractivity contribution in [2.75, 3.05) is 5.32 Å². The van der Waals surface area contributed by atoms with Crippen LogP contribution in [0.25, 0.3) is 10.2 Å². The van der Waals surface area contributed by atoms with E-state index in [4.69, 9.17) is 0 Å². The minimum atomic E-state index is -0.286. The first-order valence-electron chi connectivity index (χ1n) is 8.16. The van der Waals surface area contributed by atoms with E-state index in [2.05, 4.69) is 10.3 Å².